The molecule has 0 bridgehead atoms. The van der Waals surface area contributed by atoms with Crippen molar-refractivity contribution in [2.24, 2.45) is 5.92 Å². The fourth-order valence-electron chi connectivity index (χ4n) is 3.47. The third kappa shape index (κ3) is 7.41. The smallest absolute Gasteiger partial charge is 0.339 e. The lowest BCUT2D eigenvalue weighted by molar-refractivity contribution is 0.0691. The van der Waals surface area contributed by atoms with Crippen LogP contribution in [-0.2, 0) is 6.42 Å². The van der Waals surface area contributed by atoms with Crippen LogP contribution in [-0.4, -0.2) is 40.9 Å². The lowest BCUT2D eigenvalue weighted by Crippen LogP contribution is -2.22. The Morgan fingerprint density at radius 1 is 1.09 bits per heavy atom. The number of aliphatic hydroxyl groups is 1. The number of carboxylic acids is 1. The molecule has 1 aromatic heterocycles. The number of nitrogens with zero attached hydrogens (tertiary/aromatic N) is 1. The van der Waals surface area contributed by atoms with E-state index in [2.05, 4.69) is 34.6 Å². The van der Waals surface area contributed by atoms with Crippen LogP contribution in [0, 0.1) is 5.92 Å². The molecule has 6 heteroatoms. The van der Waals surface area contributed by atoms with Crippen LogP contribution in [0.5, 0.6) is 5.75 Å². The van der Waals surface area contributed by atoms with Gasteiger partial charge in [0.25, 0.3) is 0 Å². The lowest BCUT2D eigenvalue weighted by atomic mass is 10.0. The fraction of sp³-hybridized carbons (Fsp3) is 0.333. The molecule has 2 aromatic carbocycles. The minimum atomic E-state index is -0.989. The SMILES string of the molecule is CC(C)COc1cc(-c2ccc(CCCNC[C@H](O)c3cccnc3)cc2)ccc1C(=O)O. The zero-order chi connectivity index (χ0) is 23.6. The molecular formula is C27H32N2O4. The van der Waals surface area contributed by atoms with Gasteiger partial charge in [0, 0.05) is 24.5 Å². The van der Waals surface area contributed by atoms with Crippen LogP contribution in [0.3, 0.4) is 0 Å². The number of aromatic carboxylic acids is 1. The van der Waals surface area contributed by atoms with E-state index in [0.717, 1.165) is 36.1 Å². The maximum absolute atomic E-state index is 11.5. The second-order valence-electron chi connectivity index (χ2n) is 8.53. The number of ether oxygens (including phenoxy) is 1. The van der Waals surface area contributed by atoms with E-state index in [1.165, 1.54) is 5.56 Å². The number of aliphatic hydroxyl groups excluding tert-OH is 1. The molecule has 3 N–H and O–H groups in total. The van der Waals surface area contributed by atoms with E-state index in [4.69, 9.17) is 4.74 Å². The van der Waals surface area contributed by atoms with Gasteiger partial charge in [0.15, 0.2) is 0 Å². The van der Waals surface area contributed by atoms with E-state index in [1.807, 2.05) is 32.0 Å². The Hall–Kier alpha value is -3.22. The number of benzene rings is 2. The Balaban J connectivity index is 1.52. The summed E-state index contributed by atoms with van der Waals surface area (Å²) >= 11 is 0. The maximum atomic E-state index is 11.5. The third-order valence-electron chi connectivity index (χ3n) is 5.30. The molecule has 0 aliphatic carbocycles. The van der Waals surface area contributed by atoms with Gasteiger partial charge < -0.3 is 20.3 Å². The maximum Gasteiger partial charge on any atom is 0.339 e. The highest BCUT2D eigenvalue weighted by Crippen LogP contribution is 2.28. The zero-order valence-corrected chi connectivity index (χ0v) is 19.2. The zero-order valence-electron chi connectivity index (χ0n) is 19.2. The number of nitrogens with one attached hydrogen (secondary N) is 1. The summed E-state index contributed by atoms with van der Waals surface area (Å²) in [6.07, 6.45) is 4.71. The van der Waals surface area contributed by atoms with Crippen molar-refractivity contribution in [2.45, 2.75) is 32.8 Å². The van der Waals surface area contributed by atoms with Gasteiger partial charge in [0.05, 0.1) is 12.7 Å². The highest BCUT2D eigenvalue weighted by atomic mass is 16.5. The number of rotatable bonds is 12. The number of carbonyl (C=O) groups is 1. The predicted octanol–water partition coefficient (Wildman–Crippen LogP) is 4.74. The van der Waals surface area contributed by atoms with E-state index in [1.54, 1.807) is 24.5 Å². The van der Waals surface area contributed by atoms with Crippen molar-refractivity contribution in [2.75, 3.05) is 19.7 Å². The van der Waals surface area contributed by atoms with E-state index in [0.29, 0.717) is 24.8 Å². The molecule has 1 atom stereocenters. The number of aromatic nitrogens is 1. The minimum absolute atomic E-state index is 0.178. The lowest BCUT2D eigenvalue weighted by Gasteiger charge is -2.13. The van der Waals surface area contributed by atoms with Crippen molar-refractivity contribution in [1.29, 1.82) is 0 Å². The van der Waals surface area contributed by atoms with Crippen molar-refractivity contribution in [3.05, 3.63) is 83.7 Å². The Morgan fingerprint density at radius 2 is 1.85 bits per heavy atom. The summed E-state index contributed by atoms with van der Waals surface area (Å²) in [7, 11) is 0. The van der Waals surface area contributed by atoms with Gasteiger partial charge in [-0.05, 0) is 60.2 Å². The Morgan fingerprint density at radius 3 is 2.52 bits per heavy atom. The van der Waals surface area contributed by atoms with Gasteiger partial charge in [-0.1, -0.05) is 50.2 Å². The molecule has 3 aromatic rings. The molecule has 0 spiro atoms. The molecule has 0 aliphatic heterocycles. The summed E-state index contributed by atoms with van der Waals surface area (Å²) in [4.78, 5) is 15.5. The first-order chi connectivity index (χ1) is 15.9. The van der Waals surface area contributed by atoms with Crippen molar-refractivity contribution in [3.63, 3.8) is 0 Å². The van der Waals surface area contributed by atoms with Crippen LogP contribution in [0.15, 0.2) is 67.0 Å². The molecule has 0 amide bonds. The van der Waals surface area contributed by atoms with E-state index < -0.39 is 12.1 Å². The first-order valence-electron chi connectivity index (χ1n) is 11.3. The highest BCUT2D eigenvalue weighted by molar-refractivity contribution is 5.92. The molecule has 3 rings (SSSR count). The summed E-state index contributed by atoms with van der Waals surface area (Å²) < 4.78 is 5.76. The van der Waals surface area contributed by atoms with Gasteiger partial charge in [-0.25, -0.2) is 4.79 Å². The molecule has 0 aliphatic rings. The summed E-state index contributed by atoms with van der Waals surface area (Å²) in [5.74, 6) is -0.280. The molecule has 33 heavy (non-hydrogen) atoms. The molecule has 0 radical (unpaired) electrons. The second kappa shape index (κ2) is 12.1. The molecular weight excluding hydrogens is 416 g/mol. The molecule has 1 heterocycles. The summed E-state index contributed by atoms with van der Waals surface area (Å²) in [6.45, 7) is 5.84. The van der Waals surface area contributed by atoms with Gasteiger partial charge in [-0.15, -0.1) is 0 Å². The average Bonchev–Trinajstić information content (AvgIpc) is 2.83. The second-order valence-corrected chi connectivity index (χ2v) is 8.53. The third-order valence-corrected chi connectivity index (χ3v) is 5.30. The summed E-state index contributed by atoms with van der Waals surface area (Å²) in [6, 6.07) is 17.2. The van der Waals surface area contributed by atoms with Crippen molar-refractivity contribution >= 4 is 5.97 Å². The van der Waals surface area contributed by atoms with Crippen LogP contribution < -0.4 is 10.1 Å². The van der Waals surface area contributed by atoms with Crippen LogP contribution in [0.2, 0.25) is 0 Å². The molecule has 6 nitrogen and oxygen atoms in total. The molecule has 0 saturated heterocycles. The van der Waals surface area contributed by atoms with Crippen molar-refractivity contribution in [1.82, 2.24) is 10.3 Å². The number of hydrogen-bond donors (Lipinski definition) is 3. The first kappa shape index (κ1) is 24.4. The predicted molar refractivity (Wildman–Crippen MR) is 130 cm³/mol. The monoisotopic (exact) mass is 448 g/mol. The van der Waals surface area contributed by atoms with Crippen molar-refractivity contribution in [3.8, 4) is 16.9 Å². The van der Waals surface area contributed by atoms with E-state index in [-0.39, 0.29) is 5.56 Å². The quantitative estimate of drug-likeness (QED) is 0.347. The summed E-state index contributed by atoms with van der Waals surface area (Å²) in [5.41, 5.74) is 4.16. The number of hydrogen-bond acceptors (Lipinski definition) is 5. The number of aryl methyl sites for hydroxylation is 1. The first-order valence-corrected chi connectivity index (χ1v) is 11.3. The fourth-order valence-corrected chi connectivity index (χ4v) is 3.47. The molecule has 0 unspecified atom stereocenters. The van der Waals surface area contributed by atoms with Gasteiger partial charge in [0.2, 0.25) is 0 Å². The van der Waals surface area contributed by atoms with Gasteiger partial charge in [-0.3, -0.25) is 4.98 Å². The Kier molecular flexibility index (Phi) is 8.98. The molecule has 174 valence electrons. The van der Waals surface area contributed by atoms with Crippen LogP contribution >= 0.6 is 0 Å². The highest BCUT2D eigenvalue weighted by Gasteiger charge is 2.13. The van der Waals surface area contributed by atoms with Crippen LogP contribution in [0.4, 0.5) is 0 Å². The average molecular weight is 449 g/mol. The van der Waals surface area contributed by atoms with Gasteiger partial charge in [0.1, 0.15) is 11.3 Å². The van der Waals surface area contributed by atoms with E-state index in [9.17, 15) is 15.0 Å². The van der Waals surface area contributed by atoms with Crippen LogP contribution in [0.1, 0.15) is 47.9 Å². The van der Waals surface area contributed by atoms with E-state index >= 15 is 0 Å². The molecule has 0 fully saturated rings. The molecule has 0 saturated carbocycles. The minimum Gasteiger partial charge on any atom is -0.492 e. The summed E-state index contributed by atoms with van der Waals surface area (Å²) in [5, 5.41) is 22.9. The number of carboxylic acid groups (broad SMARTS) is 1. The largest absolute Gasteiger partial charge is 0.492 e. The normalized spacial score (nSPS) is 12.0. The van der Waals surface area contributed by atoms with Crippen LogP contribution in [0.25, 0.3) is 11.1 Å². The number of pyridine rings is 1. The van der Waals surface area contributed by atoms with Gasteiger partial charge in [-0.2, -0.15) is 0 Å². The van der Waals surface area contributed by atoms with Crippen molar-refractivity contribution < 1.29 is 19.7 Å². The topological polar surface area (TPSA) is 91.7 Å². The Labute approximate surface area is 195 Å². The van der Waals surface area contributed by atoms with Gasteiger partial charge >= 0.3 is 5.97 Å². The standard InChI is InChI=1S/C27H32N2O4/c1-19(2)18-33-26-15-22(11-12-24(26)27(31)32)21-9-7-20(8-10-21)5-3-13-29-17-25(30)23-6-4-14-28-16-23/h4,6-12,14-16,19,25,29-30H,3,5,13,17-18H2,1-2H3,(H,31,32)/t25-/m0/s1. The Bertz CT molecular complexity index is 1020.